The van der Waals surface area contributed by atoms with Gasteiger partial charge >= 0.3 is 0 Å². The summed E-state index contributed by atoms with van der Waals surface area (Å²) in [5, 5.41) is 2.39. The second-order valence-electron chi connectivity index (χ2n) is 2.00. The molecule has 0 aromatic rings. The van der Waals surface area contributed by atoms with E-state index in [0.717, 1.165) is 12.8 Å². The van der Waals surface area contributed by atoms with Crippen LogP contribution < -0.4 is 5.32 Å². The van der Waals surface area contributed by atoms with E-state index in [-0.39, 0.29) is 0 Å². The Morgan fingerprint density at radius 3 is 3.00 bits per heavy atom. The highest BCUT2D eigenvalue weighted by atomic mass is 16.5. The minimum absolute atomic E-state index is 0.399. The largest absolute Gasteiger partial charge is 0.359 e. The summed E-state index contributed by atoms with van der Waals surface area (Å²) in [7, 11) is 0. The van der Waals surface area contributed by atoms with Gasteiger partial charge in [0.05, 0.1) is 0 Å². The highest BCUT2D eigenvalue weighted by molar-refractivity contribution is 5.46. The van der Waals surface area contributed by atoms with Crippen LogP contribution in [-0.4, -0.2) is 19.2 Å². The molecule has 0 spiro atoms. The zero-order valence-corrected chi connectivity index (χ0v) is 6.30. The molecule has 1 radical (unpaired) electrons. The smallest absolute Gasteiger partial charge is 0.209 e. The number of ether oxygens (including phenoxy) is 1. The third-order valence-corrected chi connectivity index (χ3v) is 1.07. The second kappa shape index (κ2) is 6.55. The summed E-state index contributed by atoms with van der Waals surface area (Å²) in [6.07, 6.45) is 2.29. The molecule has 0 aliphatic carbocycles. The number of carbonyl (C=O) groups excluding carboxylic acids is 1. The Morgan fingerprint density at radius 1 is 1.80 bits per heavy atom. The van der Waals surface area contributed by atoms with E-state index in [2.05, 4.69) is 19.2 Å². The first-order chi connectivity index (χ1) is 4.81. The molecule has 0 aromatic carbocycles. The average molecular weight is 144 g/mol. The second-order valence-corrected chi connectivity index (χ2v) is 2.00. The summed E-state index contributed by atoms with van der Waals surface area (Å²) in [5.41, 5.74) is 0. The molecule has 0 saturated heterocycles. The number of hydrogen-bond acceptors (Lipinski definition) is 2. The maximum atomic E-state index is 9.82. The van der Waals surface area contributed by atoms with Crippen molar-refractivity contribution in [3.8, 4) is 0 Å². The lowest BCUT2D eigenvalue weighted by atomic mass is 10.4. The molecule has 1 N–H and O–H groups in total. The molecular formula is C7H14NO2. The fourth-order valence-electron chi connectivity index (χ4n) is 0.494. The molecule has 0 bridgehead atoms. The molecule has 3 heteroatoms. The van der Waals surface area contributed by atoms with Crippen LogP contribution in [0.5, 0.6) is 0 Å². The van der Waals surface area contributed by atoms with Gasteiger partial charge in [-0.25, -0.2) is 0 Å². The summed E-state index contributed by atoms with van der Waals surface area (Å²) in [6, 6.07) is 0. The van der Waals surface area contributed by atoms with Crippen LogP contribution in [0, 0.1) is 6.92 Å². The van der Waals surface area contributed by atoms with Gasteiger partial charge in [0.1, 0.15) is 6.23 Å². The summed E-state index contributed by atoms with van der Waals surface area (Å²) in [4.78, 5) is 9.82. The molecule has 1 unspecified atom stereocenters. The highest BCUT2D eigenvalue weighted by Gasteiger charge is 1.96. The van der Waals surface area contributed by atoms with E-state index in [1.54, 1.807) is 0 Å². The number of amides is 1. The van der Waals surface area contributed by atoms with E-state index in [1.807, 2.05) is 0 Å². The molecule has 0 saturated carbocycles. The van der Waals surface area contributed by atoms with Gasteiger partial charge in [0, 0.05) is 6.61 Å². The zero-order chi connectivity index (χ0) is 7.82. The first-order valence-corrected chi connectivity index (χ1v) is 3.45. The van der Waals surface area contributed by atoms with Crippen molar-refractivity contribution in [2.45, 2.75) is 26.0 Å². The summed E-state index contributed by atoms with van der Waals surface area (Å²) in [5.74, 6) is 0. The van der Waals surface area contributed by atoms with Gasteiger partial charge in [-0.15, -0.1) is 0 Å². The van der Waals surface area contributed by atoms with Gasteiger partial charge in [0.2, 0.25) is 6.41 Å². The molecule has 0 aromatic heterocycles. The first kappa shape index (κ1) is 9.43. The van der Waals surface area contributed by atoms with Gasteiger partial charge in [-0.2, -0.15) is 0 Å². The van der Waals surface area contributed by atoms with Gasteiger partial charge in [-0.1, -0.05) is 13.3 Å². The molecule has 0 aliphatic rings. The predicted octanol–water partition coefficient (Wildman–Crippen LogP) is 0.709. The topological polar surface area (TPSA) is 38.3 Å². The number of hydrogen-bond donors (Lipinski definition) is 1. The first-order valence-electron chi connectivity index (χ1n) is 3.45. The standard InChI is InChI=1S/C7H14NO2/c1-3-4-5-10-7(2)8-6-9/h6-7H,2-5H2,1H3,(H,8,9). The maximum absolute atomic E-state index is 9.82. The Bertz CT molecular complexity index is 85.7. The van der Waals surface area contributed by atoms with E-state index >= 15 is 0 Å². The number of unbranched alkanes of at least 4 members (excludes halogenated alkanes) is 1. The summed E-state index contributed by atoms with van der Waals surface area (Å²) >= 11 is 0. The van der Waals surface area contributed by atoms with Crippen molar-refractivity contribution in [1.82, 2.24) is 5.32 Å². The quantitative estimate of drug-likeness (QED) is 0.339. The van der Waals surface area contributed by atoms with Gasteiger partial charge in [0.25, 0.3) is 0 Å². The number of nitrogens with one attached hydrogen (secondary N) is 1. The Kier molecular flexibility index (Phi) is 6.18. The Balaban J connectivity index is 3.04. The monoisotopic (exact) mass is 144 g/mol. The summed E-state index contributed by atoms with van der Waals surface area (Å²) in [6.45, 7) is 6.27. The Labute approximate surface area is 61.8 Å². The van der Waals surface area contributed by atoms with Gasteiger partial charge in [0.15, 0.2) is 0 Å². The highest BCUT2D eigenvalue weighted by Crippen LogP contribution is 1.90. The Morgan fingerprint density at radius 2 is 2.50 bits per heavy atom. The van der Waals surface area contributed by atoms with Crippen molar-refractivity contribution in [2.75, 3.05) is 6.61 Å². The molecule has 1 atom stereocenters. The lowest BCUT2D eigenvalue weighted by Gasteiger charge is -2.09. The van der Waals surface area contributed by atoms with Crippen LogP contribution in [0.15, 0.2) is 0 Å². The van der Waals surface area contributed by atoms with Gasteiger partial charge in [-0.3, -0.25) is 4.79 Å². The Hall–Kier alpha value is -0.570. The van der Waals surface area contributed by atoms with Crippen LogP contribution >= 0.6 is 0 Å². The van der Waals surface area contributed by atoms with Crippen molar-refractivity contribution in [3.05, 3.63) is 6.92 Å². The van der Waals surface area contributed by atoms with E-state index in [0.29, 0.717) is 13.0 Å². The molecule has 0 aliphatic heterocycles. The van der Waals surface area contributed by atoms with E-state index in [9.17, 15) is 4.79 Å². The molecular weight excluding hydrogens is 130 g/mol. The van der Waals surface area contributed by atoms with Crippen molar-refractivity contribution in [2.24, 2.45) is 0 Å². The molecule has 10 heavy (non-hydrogen) atoms. The molecule has 0 fully saturated rings. The fourth-order valence-corrected chi connectivity index (χ4v) is 0.494. The third-order valence-electron chi connectivity index (χ3n) is 1.07. The van der Waals surface area contributed by atoms with Crippen molar-refractivity contribution >= 4 is 6.41 Å². The normalized spacial score (nSPS) is 12.6. The van der Waals surface area contributed by atoms with Crippen LogP contribution in [0.1, 0.15) is 19.8 Å². The number of rotatable bonds is 6. The molecule has 1 amide bonds. The maximum Gasteiger partial charge on any atom is 0.209 e. The molecule has 0 heterocycles. The molecule has 0 rings (SSSR count). The minimum atomic E-state index is -0.399. The van der Waals surface area contributed by atoms with Gasteiger partial charge < -0.3 is 10.1 Å². The molecule has 59 valence electrons. The van der Waals surface area contributed by atoms with Crippen molar-refractivity contribution in [1.29, 1.82) is 0 Å². The minimum Gasteiger partial charge on any atom is -0.359 e. The number of carbonyl (C=O) groups is 1. The SMILES string of the molecule is [CH2]C(NC=O)OCCCC. The predicted molar refractivity (Wildman–Crippen MR) is 39.2 cm³/mol. The average Bonchev–Trinajstić information content (AvgIpc) is 1.89. The van der Waals surface area contributed by atoms with Crippen molar-refractivity contribution < 1.29 is 9.53 Å². The third kappa shape index (κ3) is 5.56. The van der Waals surface area contributed by atoms with Crippen LogP contribution in [0.3, 0.4) is 0 Å². The van der Waals surface area contributed by atoms with Crippen LogP contribution in [0.2, 0.25) is 0 Å². The lowest BCUT2D eigenvalue weighted by molar-refractivity contribution is -0.112. The van der Waals surface area contributed by atoms with E-state index < -0.39 is 6.23 Å². The van der Waals surface area contributed by atoms with Gasteiger partial charge in [-0.05, 0) is 13.3 Å². The summed E-state index contributed by atoms with van der Waals surface area (Å²) < 4.78 is 5.07. The fraction of sp³-hybridized carbons (Fsp3) is 0.714. The van der Waals surface area contributed by atoms with E-state index in [4.69, 9.17) is 4.74 Å². The molecule has 3 nitrogen and oxygen atoms in total. The van der Waals surface area contributed by atoms with Crippen molar-refractivity contribution in [3.63, 3.8) is 0 Å². The van der Waals surface area contributed by atoms with Crippen LogP contribution in [0.4, 0.5) is 0 Å². The van der Waals surface area contributed by atoms with Crippen LogP contribution in [-0.2, 0) is 9.53 Å². The lowest BCUT2D eigenvalue weighted by Crippen LogP contribution is -2.27. The van der Waals surface area contributed by atoms with E-state index in [1.165, 1.54) is 0 Å². The zero-order valence-electron chi connectivity index (χ0n) is 6.30. The van der Waals surface area contributed by atoms with Crippen LogP contribution in [0.25, 0.3) is 0 Å².